The Morgan fingerprint density at radius 2 is 1.93 bits per heavy atom. The molecular weight excluding hydrogens is 344 g/mol. The summed E-state index contributed by atoms with van der Waals surface area (Å²) in [7, 11) is 0. The summed E-state index contributed by atoms with van der Waals surface area (Å²) < 4.78 is 7.16. The van der Waals surface area contributed by atoms with Crippen LogP contribution in [0.3, 0.4) is 0 Å². The lowest BCUT2D eigenvalue weighted by molar-refractivity contribution is -0.146. The molecule has 1 aromatic carbocycles. The van der Waals surface area contributed by atoms with E-state index in [0.717, 1.165) is 36.7 Å². The number of aryl methyl sites for hydroxylation is 1. The summed E-state index contributed by atoms with van der Waals surface area (Å²) in [5.74, 6) is -0.750. The molecule has 0 aliphatic rings. The molecule has 0 spiro atoms. The third kappa shape index (κ3) is 5.32. The molecule has 1 atom stereocenters. The molecule has 2 N–H and O–H groups in total. The van der Waals surface area contributed by atoms with Crippen molar-refractivity contribution in [2.75, 3.05) is 13.2 Å². The van der Waals surface area contributed by atoms with E-state index in [1.165, 1.54) is 0 Å². The number of amides is 1. The number of aliphatic hydroxyl groups is 1. The minimum Gasteiger partial charge on any atom is -0.464 e. The average molecular weight is 374 g/mol. The summed E-state index contributed by atoms with van der Waals surface area (Å²) in [6.45, 7) is 6.77. The summed E-state index contributed by atoms with van der Waals surface area (Å²) in [6.07, 6.45) is 4.49. The van der Waals surface area contributed by atoms with Crippen molar-refractivity contribution in [1.29, 1.82) is 0 Å². The maximum Gasteiger partial charge on any atom is 0.328 e. The number of nitrogens with zero attached hydrogens (tertiary/aromatic N) is 1. The molecule has 1 unspecified atom stereocenters. The Labute approximate surface area is 160 Å². The van der Waals surface area contributed by atoms with Gasteiger partial charge in [-0.05, 0) is 38.2 Å². The fourth-order valence-electron chi connectivity index (χ4n) is 3.13. The van der Waals surface area contributed by atoms with Crippen LogP contribution in [0.15, 0.2) is 30.5 Å². The van der Waals surface area contributed by atoms with Crippen LogP contribution >= 0.6 is 0 Å². The zero-order valence-electron chi connectivity index (χ0n) is 16.4. The number of benzene rings is 1. The summed E-state index contributed by atoms with van der Waals surface area (Å²) in [6, 6.07) is 7.08. The largest absolute Gasteiger partial charge is 0.464 e. The van der Waals surface area contributed by atoms with Crippen molar-refractivity contribution in [3.63, 3.8) is 0 Å². The maximum absolute atomic E-state index is 12.9. The van der Waals surface area contributed by atoms with Crippen LogP contribution in [-0.2, 0) is 16.1 Å². The van der Waals surface area contributed by atoms with E-state index in [2.05, 4.69) is 9.88 Å². The van der Waals surface area contributed by atoms with Gasteiger partial charge in [0.05, 0.1) is 12.2 Å². The number of nitrogens with one attached hydrogen (secondary N) is 1. The van der Waals surface area contributed by atoms with Crippen LogP contribution in [0.1, 0.15) is 50.4 Å². The third-order valence-corrected chi connectivity index (χ3v) is 4.58. The highest BCUT2D eigenvalue weighted by Gasteiger charge is 2.27. The number of ether oxygens (including phenoxy) is 1. The Bertz CT molecular complexity index is 767. The Hall–Kier alpha value is -2.34. The van der Waals surface area contributed by atoms with E-state index in [-0.39, 0.29) is 25.0 Å². The van der Waals surface area contributed by atoms with Gasteiger partial charge in [0.15, 0.2) is 0 Å². The zero-order chi connectivity index (χ0) is 19.8. The first-order chi connectivity index (χ1) is 13.0. The van der Waals surface area contributed by atoms with E-state index < -0.39 is 12.0 Å². The van der Waals surface area contributed by atoms with Crippen LogP contribution in [0, 0.1) is 5.92 Å². The molecule has 0 bridgehead atoms. The molecule has 0 aliphatic heterocycles. The number of rotatable bonds is 10. The molecule has 0 aliphatic carbocycles. The topological polar surface area (TPSA) is 80.6 Å². The van der Waals surface area contributed by atoms with Crippen molar-refractivity contribution in [2.45, 2.75) is 52.6 Å². The van der Waals surface area contributed by atoms with E-state index in [1.807, 2.05) is 44.3 Å². The molecule has 0 radical (unpaired) electrons. The molecule has 6 nitrogen and oxygen atoms in total. The van der Waals surface area contributed by atoms with Crippen molar-refractivity contribution in [2.24, 2.45) is 5.92 Å². The van der Waals surface area contributed by atoms with Crippen molar-refractivity contribution < 1.29 is 19.4 Å². The van der Waals surface area contributed by atoms with Crippen molar-refractivity contribution >= 4 is 22.8 Å². The molecule has 148 valence electrons. The summed E-state index contributed by atoms with van der Waals surface area (Å²) in [5, 5.41) is 12.6. The van der Waals surface area contributed by atoms with Crippen LogP contribution in [0.2, 0.25) is 0 Å². The second-order valence-corrected chi connectivity index (χ2v) is 6.98. The first kappa shape index (κ1) is 21.0. The van der Waals surface area contributed by atoms with Crippen LogP contribution in [0.4, 0.5) is 0 Å². The molecule has 1 aromatic heterocycles. The normalized spacial score (nSPS) is 12.3. The van der Waals surface area contributed by atoms with Gasteiger partial charge in [0, 0.05) is 30.3 Å². The molecule has 1 amide bonds. The van der Waals surface area contributed by atoms with Gasteiger partial charge in [0.2, 0.25) is 0 Å². The quantitative estimate of drug-likeness (QED) is 0.495. The Morgan fingerprint density at radius 1 is 1.19 bits per heavy atom. The van der Waals surface area contributed by atoms with E-state index >= 15 is 0 Å². The standard InChI is InChI=1S/C21H30N2O4/c1-4-27-21(26)19(15(2)3)22-20(25)17-14-23(12-8-5-9-13-24)18-11-7-6-10-16(17)18/h6-7,10-11,14-15,19,24H,4-5,8-9,12-13H2,1-3H3,(H,22,25). The molecular formula is C21H30N2O4. The van der Waals surface area contributed by atoms with Crippen molar-refractivity contribution in [3.8, 4) is 0 Å². The third-order valence-electron chi connectivity index (χ3n) is 4.58. The molecule has 0 saturated carbocycles. The van der Waals surface area contributed by atoms with Crippen LogP contribution in [0.5, 0.6) is 0 Å². The number of carbonyl (C=O) groups excluding carboxylic acids is 2. The molecule has 0 saturated heterocycles. The summed E-state index contributed by atoms with van der Waals surface area (Å²) in [5.41, 5.74) is 1.55. The lowest BCUT2D eigenvalue weighted by Gasteiger charge is -2.20. The summed E-state index contributed by atoms with van der Waals surface area (Å²) >= 11 is 0. The van der Waals surface area contributed by atoms with Gasteiger partial charge in [-0.15, -0.1) is 0 Å². The minimum atomic E-state index is -0.677. The highest BCUT2D eigenvalue weighted by atomic mass is 16.5. The molecule has 2 aromatic rings. The fourth-order valence-corrected chi connectivity index (χ4v) is 3.13. The fraction of sp³-hybridized carbons (Fsp3) is 0.524. The van der Waals surface area contributed by atoms with Crippen molar-refractivity contribution in [1.82, 2.24) is 9.88 Å². The predicted molar refractivity (Wildman–Crippen MR) is 106 cm³/mol. The second-order valence-electron chi connectivity index (χ2n) is 6.98. The molecule has 6 heteroatoms. The Morgan fingerprint density at radius 3 is 2.59 bits per heavy atom. The Balaban J connectivity index is 2.23. The number of aromatic nitrogens is 1. The van der Waals surface area contributed by atoms with Crippen LogP contribution in [0.25, 0.3) is 10.9 Å². The number of hydrogen-bond acceptors (Lipinski definition) is 4. The number of para-hydroxylation sites is 1. The highest BCUT2D eigenvalue weighted by Crippen LogP contribution is 2.22. The van der Waals surface area contributed by atoms with Crippen LogP contribution in [-0.4, -0.2) is 40.8 Å². The first-order valence-corrected chi connectivity index (χ1v) is 9.65. The highest BCUT2D eigenvalue weighted by molar-refractivity contribution is 6.08. The number of unbranched alkanes of at least 4 members (excludes halogenated alkanes) is 2. The lowest BCUT2D eigenvalue weighted by atomic mass is 10.0. The number of carbonyl (C=O) groups is 2. The van der Waals surface area contributed by atoms with E-state index in [4.69, 9.17) is 9.84 Å². The van der Waals surface area contributed by atoms with Gasteiger partial charge in [-0.3, -0.25) is 4.79 Å². The second kappa shape index (κ2) is 10.1. The molecule has 1 heterocycles. The number of fused-ring (bicyclic) bond motifs is 1. The summed E-state index contributed by atoms with van der Waals surface area (Å²) in [4.78, 5) is 25.1. The lowest BCUT2D eigenvalue weighted by Crippen LogP contribution is -2.45. The van der Waals surface area contributed by atoms with Gasteiger partial charge in [-0.2, -0.15) is 0 Å². The number of esters is 1. The van der Waals surface area contributed by atoms with Gasteiger partial charge in [-0.25, -0.2) is 4.79 Å². The molecule has 0 fully saturated rings. The van der Waals surface area contributed by atoms with E-state index in [9.17, 15) is 9.59 Å². The average Bonchev–Trinajstić information content (AvgIpc) is 3.02. The number of aliphatic hydroxyl groups excluding tert-OH is 1. The van der Waals surface area contributed by atoms with Crippen LogP contribution < -0.4 is 5.32 Å². The zero-order valence-corrected chi connectivity index (χ0v) is 16.4. The van der Waals surface area contributed by atoms with Gasteiger partial charge in [-0.1, -0.05) is 32.0 Å². The van der Waals surface area contributed by atoms with E-state index in [0.29, 0.717) is 5.56 Å². The number of hydrogen-bond donors (Lipinski definition) is 2. The van der Waals surface area contributed by atoms with Gasteiger partial charge in [0.1, 0.15) is 6.04 Å². The van der Waals surface area contributed by atoms with Crippen molar-refractivity contribution in [3.05, 3.63) is 36.0 Å². The Kier molecular flexibility index (Phi) is 7.85. The smallest absolute Gasteiger partial charge is 0.328 e. The monoisotopic (exact) mass is 374 g/mol. The predicted octanol–water partition coefficient (Wildman–Crippen LogP) is 3.12. The SMILES string of the molecule is CCOC(=O)C(NC(=O)c1cn(CCCCCO)c2ccccc12)C(C)C. The van der Waals surface area contributed by atoms with E-state index in [1.54, 1.807) is 6.92 Å². The van der Waals surface area contributed by atoms with Gasteiger partial charge in [0.25, 0.3) is 5.91 Å². The maximum atomic E-state index is 12.9. The molecule has 27 heavy (non-hydrogen) atoms. The minimum absolute atomic E-state index is 0.0696. The van der Waals surface area contributed by atoms with Gasteiger partial charge >= 0.3 is 5.97 Å². The van der Waals surface area contributed by atoms with Gasteiger partial charge < -0.3 is 19.7 Å². The first-order valence-electron chi connectivity index (χ1n) is 9.65. The molecule has 2 rings (SSSR count).